The van der Waals surface area contributed by atoms with E-state index in [1.807, 2.05) is 54.9 Å². The molecule has 2 aliphatic heterocycles. The number of hydrogen-bond acceptors (Lipinski definition) is 9. The molecule has 2 saturated heterocycles. The normalized spacial score (nSPS) is 20.6. The summed E-state index contributed by atoms with van der Waals surface area (Å²) in [7, 11) is 8.95. The summed E-state index contributed by atoms with van der Waals surface area (Å²) in [5.74, 6) is -2.98. The second-order valence-electron chi connectivity index (χ2n) is 18.4. The summed E-state index contributed by atoms with van der Waals surface area (Å²) in [6.45, 7) is 3.48. The highest BCUT2D eigenvalue weighted by atomic mass is 35.5. The monoisotopic (exact) mass is 984 g/mol. The van der Waals surface area contributed by atoms with E-state index in [0.717, 1.165) is 38.3 Å². The number of halogens is 3. The van der Waals surface area contributed by atoms with Gasteiger partial charge in [0, 0.05) is 87.4 Å². The van der Waals surface area contributed by atoms with Crippen LogP contribution in [0.25, 0.3) is 11.3 Å². The molecule has 0 saturated carbocycles. The lowest BCUT2D eigenvalue weighted by molar-refractivity contribution is -0.621. The third-order valence-corrected chi connectivity index (χ3v) is 13.7. The Bertz CT molecular complexity index is 2680. The van der Waals surface area contributed by atoms with Crippen LogP contribution >= 0.6 is 23.2 Å². The third kappa shape index (κ3) is 11.5. The number of rotatable bonds is 13. The molecule has 366 valence electrons. The zero-order valence-corrected chi connectivity index (χ0v) is 41.5. The van der Waals surface area contributed by atoms with Crippen LogP contribution in [0.5, 0.6) is 11.5 Å². The molecular weight excluding hydrogens is 927 g/mol. The van der Waals surface area contributed by atoms with Crippen LogP contribution in [0.4, 0.5) is 4.39 Å². The van der Waals surface area contributed by atoms with Gasteiger partial charge in [-0.3, -0.25) is 19.2 Å². The van der Waals surface area contributed by atoms with Gasteiger partial charge in [0.05, 0.1) is 43.0 Å². The first-order valence-electron chi connectivity index (χ1n) is 22.9. The van der Waals surface area contributed by atoms with Crippen LogP contribution in [0, 0.1) is 23.9 Å². The number of hydrogen-bond donors (Lipinski definition) is 1. The van der Waals surface area contributed by atoms with Crippen LogP contribution in [-0.4, -0.2) is 118 Å². The smallest absolute Gasteiger partial charge is 0.247 e. The van der Waals surface area contributed by atoms with E-state index in [-0.39, 0.29) is 41.6 Å². The summed E-state index contributed by atoms with van der Waals surface area (Å²) < 4.78 is 31.0. The highest BCUT2D eigenvalue weighted by Crippen LogP contribution is 2.36. The average molecular weight is 986 g/mol. The number of aryl methyl sites for hydroxylation is 1. The van der Waals surface area contributed by atoms with Crippen molar-refractivity contribution in [3.05, 3.63) is 134 Å². The first-order valence-corrected chi connectivity index (χ1v) is 23.6. The number of fused-ring (bicyclic) bond motifs is 2. The second kappa shape index (κ2) is 21.7. The highest BCUT2D eigenvalue weighted by Gasteiger charge is 2.46. The fraction of sp³-hybridized carbons (Fsp3) is 0.412. The second-order valence-corrected chi connectivity index (χ2v) is 19.3. The number of aromatic nitrogens is 3. The largest absolute Gasteiger partial charge is 0.618 e. The van der Waals surface area contributed by atoms with E-state index in [4.69, 9.17) is 32.7 Å². The molecule has 4 amide bonds. The molecule has 0 unspecified atom stereocenters. The van der Waals surface area contributed by atoms with Crippen molar-refractivity contribution < 1.29 is 37.8 Å². The van der Waals surface area contributed by atoms with Crippen molar-refractivity contribution in [1.82, 2.24) is 34.5 Å². The number of methoxy groups -OCH3 is 1. The van der Waals surface area contributed by atoms with Gasteiger partial charge in [0.25, 0.3) is 0 Å². The lowest BCUT2D eigenvalue weighted by Crippen LogP contribution is -2.65. The molecule has 2 aromatic heterocycles. The average Bonchev–Trinajstić information content (AvgIpc) is 3.67. The van der Waals surface area contributed by atoms with Gasteiger partial charge in [-0.25, -0.2) is 9.37 Å². The molecule has 5 aromatic rings. The lowest BCUT2D eigenvalue weighted by atomic mass is 9.80. The van der Waals surface area contributed by atoms with Gasteiger partial charge in [-0.15, -0.1) is 0 Å². The van der Waals surface area contributed by atoms with Gasteiger partial charge in [-0.2, -0.15) is 4.73 Å². The molecule has 1 N–H and O–H groups in total. The Labute approximate surface area is 412 Å². The molecule has 0 aliphatic carbocycles. The SMILES string of the molecule is COC[C@@H]1NC(=O)[C@H](C)N(Cc2c(F)cc(Cl)cc2Oc2ccc(-c3cnc(CN(C)C)n3C)cc2)C(=O)C[C@@H](Cc2cccc(C)[n+]2[O-])C(=O)N2CCC[C@@](Cc3ccc(Cl)cc3)(C2)N(C)C1=O. The first kappa shape index (κ1) is 50.8. The third-order valence-electron chi connectivity index (χ3n) is 13.3. The maximum absolute atomic E-state index is 16.4. The molecule has 0 radical (unpaired) electrons. The molecular formula is C51H59Cl2FN8O7. The number of carbonyl (C=O) groups excluding carboxylic acids is 4. The van der Waals surface area contributed by atoms with Crippen molar-refractivity contribution in [3.63, 3.8) is 0 Å². The standard InChI is InChI=1S/C51H59Cl2FN8O7/c1-32-10-8-11-39(62(32)67)22-36-23-47(63)61(28-41-42(54)24-38(53)25-45(41)69-40-18-14-35(15-19-40)44-27-55-46(58(44)5)29-57(3)4)33(2)48(64)56-43(30-68-7)50(66)59(6)51(20-9-21-60(31-51)49(36)65)26-34-12-16-37(52)17-13-34/h8,10-19,24-25,27,33,36,43H,9,20-23,26,28-31H2,1-7H3,(H,56,64)/t33-,36+,43-,51+/m0/s1. The fourth-order valence-corrected chi connectivity index (χ4v) is 9.68. The Morgan fingerprint density at radius 1 is 0.986 bits per heavy atom. The number of carbonyl (C=O) groups is 4. The summed E-state index contributed by atoms with van der Waals surface area (Å²) in [6, 6.07) is 19.4. The molecule has 15 nitrogen and oxygen atoms in total. The Balaban J connectivity index is 1.27. The predicted molar refractivity (Wildman–Crippen MR) is 260 cm³/mol. The van der Waals surface area contributed by atoms with Crippen LogP contribution in [0.3, 0.4) is 0 Å². The van der Waals surface area contributed by atoms with E-state index in [9.17, 15) is 14.8 Å². The maximum atomic E-state index is 16.4. The van der Waals surface area contributed by atoms with E-state index < -0.39 is 66.0 Å². The topological polar surface area (TPSA) is 156 Å². The minimum atomic E-state index is -1.33. The number of ether oxygens (including phenoxy) is 2. The molecule has 4 atom stereocenters. The minimum Gasteiger partial charge on any atom is -0.618 e. The molecule has 18 heteroatoms. The number of likely N-dealkylation sites (N-methyl/N-ethyl adjacent to an activating group) is 1. The summed E-state index contributed by atoms with van der Waals surface area (Å²) in [6.07, 6.45) is 2.60. The van der Waals surface area contributed by atoms with E-state index in [0.29, 0.717) is 48.8 Å². The molecule has 4 heterocycles. The summed E-state index contributed by atoms with van der Waals surface area (Å²) in [5, 5.41) is 16.9. The van der Waals surface area contributed by atoms with Crippen molar-refractivity contribution in [1.29, 1.82) is 0 Å². The highest BCUT2D eigenvalue weighted by molar-refractivity contribution is 6.31. The zero-order chi connectivity index (χ0) is 49.7. The quantitative estimate of drug-likeness (QED) is 0.103. The Morgan fingerprint density at radius 2 is 1.71 bits per heavy atom. The van der Waals surface area contributed by atoms with E-state index in [2.05, 4.69) is 10.3 Å². The Morgan fingerprint density at radius 3 is 2.41 bits per heavy atom. The van der Waals surface area contributed by atoms with Crippen molar-refractivity contribution >= 4 is 46.8 Å². The molecule has 2 fully saturated rings. The van der Waals surface area contributed by atoms with Crippen molar-refractivity contribution in [2.24, 2.45) is 13.0 Å². The number of imidazole rings is 1. The van der Waals surface area contributed by atoms with Crippen molar-refractivity contribution in [2.45, 2.75) is 76.7 Å². The summed E-state index contributed by atoms with van der Waals surface area (Å²) >= 11 is 12.7. The number of benzene rings is 3. The number of amides is 4. The van der Waals surface area contributed by atoms with Crippen molar-refractivity contribution in [3.8, 4) is 22.8 Å². The molecule has 2 aliphatic rings. The van der Waals surface area contributed by atoms with Crippen LogP contribution in [0.1, 0.15) is 54.5 Å². The minimum absolute atomic E-state index is 0.0134. The van der Waals surface area contributed by atoms with Crippen LogP contribution in [0.2, 0.25) is 10.0 Å². The molecule has 2 bridgehead atoms. The van der Waals surface area contributed by atoms with Gasteiger partial charge in [0.2, 0.25) is 23.6 Å². The Kier molecular flexibility index (Phi) is 16.0. The van der Waals surface area contributed by atoms with Gasteiger partial charge in [0.15, 0.2) is 11.4 Å². The zero-order valence-electron chi connectivity index (χ0n) is 40.0. The van der Waals surface area contributed by atoms with E-state index in [1.54, 1.807) is 72.4 Å². The van der Waals surface area contributed by atoms with Crippen LogP contribution < -0.4 is 14.8 Å². The molecule has 0 spiro atoms. The van der Waals surface area contributed by atoms with Gasteiger partial charge in [0.1, 0.15) is 35.2 Å². The molecule has 7 rings (SSSR count). The molecule has 3 aromatic carbocycles. The van der Waals surface area contributed by atoms with Crippen LogP contribution in [0.15, 0.2) is 85.1 Å². The van der Waals surface area contributed by atoms with Gasteiger partial charge in [-0.05, 0) is 100 Å². The first-order chi connectivity index (χ1) is 32.9. The predicted octanol–water partition coefficient (Wildman–Crippen LogP) is 6.50. The van der Waals surface area contributed by atoms with Gasteiger partial charge < -0.3 is 44.2 Å². The van der Waals surface area contributed by atoms with Gasteiger partial charge in [-0.1, -0.05) is 35.3 Å². The van der Waals surface area contributed by atoms with E-state index >= 15 is 14.0 Å². The fourth-order valence-electron chi connectivity index (χ4n) is 9.36. The summed E-state index contributed by atoms with van der Waals surface area (Å²) in [5.41, 5.74) is 2.23. The number of nitrogens with zero attached hydrogens (tertiary/aromatic N) is 7. The lowest BCUT2D eigenvalue weighted by Gasteiger charge is -2.50. The number of piperidine rings is 1. The molecule has 69 heavy (non-hydrogen) atoms. The van der Waals surface area contributed by atoms with E-state index in [1.165, 1.54) is 20.1 Å². The number of nitrogens with one attached hydrogen (secondary N) is 1. The summed E-state index contributed by atoms with van der Waals surface area (Å²) in [4.78, 5) is 70.5. The van der Waals surface area contributed by atoms with Crippen LogP contribution in [-0.2, 0) is 56.9 Å². The Hall–Kier alpha value is -6.07. The maximum Gasteiger partial charge on any atom is 0.247 e. The van der Waals surface area contributed by atoms with Crippen molar-refractivity contribution in [2.75, 3.05) is 47.9 Å². The number of pyridine rings is 1. The van der Waals surface area contributed by atoms with Gasteiger partial charge >= 0.3 is 0 Å².